The van der Waals surface area contributed by atoms with Crippen LogP contribution in [0.15, 0.2) is 29.3 Å². The molecule has 0 radical (unpaired) electrons. The normalized spacial score (nSPS) is 10.3. The number of pyridine rings is 1. The smallest absolute Gasteiger partial charge is 0.287 e. The molecule has 0 amide bonds. The number of aryl methyl sites for hydroxylation is 1. The van der Waals surface area contributed by atoms with Crippen LogP contribution in [0.4, 0.5) is 5.69 Å². The molecule has 100 valence electrons. The van der Waals surface area contributed by atoms with Gasteiger partial charge in [-0.2, -0.15) is 5.10 Å². The first-order chi connectivity index (χ1) is 9.11. The van der Waals surface area contributed by atoms with E-state index in [4.69, 9.17) is 16.3 Å². The lowest BCUT2D eigenvalue weighted by atomic mass is 10.3. The van der Waals surface area contributed by atoms with E-state index in [0.29, 0.717) is 18.1 Å². The van der Waals surface area contributed by atoms with Gasteiger partial charge in [0.1, 0.15) is 5.02 Å². The standard InChI is InChI=1S/C12H13ClN4O2/c1-17-12(18)11(13)9(7-16-17)14-5-8-3-4-10(19-2)15-6-8/h3-4,6-7,14H,5H2,1-2H3. The molecule has 0 atom stereocenters. The van der Waals surface area contributed by atoms with Crippen LogP contribution in [0.3, 0.4) is 0 Å². The first-order valence-electron chi connectivity index (χ1n) is 5.56. The molecule has 0 aromatic carbocycles. The van der Waals surface area contributed by atoms with Gasteiger partial charge in [0.05, 0.1) is 19.0 Å². The highest BCUT2D eigenvalue weighted by molar-refractivity contribution is 6.32. The third-order valence-corrected chi connectivity index (χ3v) is 2.93. The Morgan fingerprint density at radius 3 is 2.84 bits per heavy atom. The van der Waals surface area contributed by atoms with Crippen molar-refractivity contribution in [1.82, 2.24) is 14.8 Å². The zero-order chi connectivity index (χ0) is 13.8. The molecule has 7 heteroatoms. The van der Waals surface area contributed by atoms with Crippen LogP contribution in [-0.2, 0) is 13.6 Å². The molecular weight excluding hydrogens is 268 g/mol. The number of nitrogens with one attached hydrogen (secondary N) is 1. The molecular formula is C12H13ClN4O2. The fourth-order valence-corrected chi connectivity index (χ4v) is 1.71. The van der Waals surface area contributed by atoms with E-state index in [0.717, 1.165) is 5.56 Å². The van der Waals surface area contributed by atoms with Crippen molar-refractivity contribution in [2.75, 3.05) is 12.4 Å². The number of aromatic nitrogens is 3. The van der Waals surface area contributed by atoms with E-state index in [1.165, 1.54) is 10.9 Å². The third-order valence-electron chi connectivity index (χ3n) is 2.57. The Hall–Kier alpha value is -2.08. The minimum Gasteiger partial charge on any atom is -0.481 e. The Labute approximate surface area is 115 Å². The molecule has 0 aliphatic heterocycles. The van der Waals surface area contributed by atoms with Gasteiger partial charge >= 0.3 is 0 Å². The van der Waals surface area contributed by atoms with E-state index in [-0.39, 0.29) is 10.6 Å². The van der Waals surface area contributed by atoms with Crippen LogP contribution in [0.25, 0.3) is 0 Å². The fraction of sp³-hybridized carbons (Fsp3) is 0.250. The molecule has 0 fully saturated rings. The number of anilines is 1. The van der Waals surface area contributed by atoms with E-state index in [1.54, 1.807) is 26.4 Å². The molecule has 0 aliphatic carbocycles. The molecule has 2 aromatic rings. The predicted molar refractivity (Wildman–Crippen MR) is 72.6 cm³/mol. The summed E-state index contributed by atoms with van der Waals surface area (Å²) in [5, 5.41) is 7.07. The summed E-state index contributed by atoms with van der Waals surface area (Å²) >= 11 is 5.94. The van der Waals surface area contributed by atoms with Gasteiger partial charge < -0.3 is 10.1 Å². The molecule has 0 saturated carbocycles. The first kappa shape index (κ1) is 13.4. The molecule has 0 aliphatic rings. The van der Waals surface area contributed by atoms with Crippen molar-refractivity contribution in [3.8, 4) is 5.88 Å². The predicted octanol–water partition coefficient (Wildman–Crippen LogP) is 1.45. The van der Waals surface area contributed by atoms with E-state index >= 15 is 0 Å². The Morgan fingerprint density at radius 2 is 2.21 bits per heavy atom. The average Bonchev–Trinajstić information content (AvgIpc) is 2.45. The second-order valence-corrected chi connectivity index (χ2v) is 4.24. The second kappa shape index (κ2) is 5.71. The highest BCUT2D eigenvalue weighted by Crippen LogP contribution is 2.16. The van der Waals surface area contributed by atoms with Gasteiger partial charge in [0.2, 0.25) is 5.88 Å². The summed E-state index contributed by atoms with van der Waals surface area (Å²) in [6.07, 6.45) is 3.20. The third kappa shape index (κ3) is 3.03. The van der Waals surface area contributed by atoms with E-state index < -0.39 is 0 Å². The molecule has 0 saturated heterocycles. The van der Waals surface area contributed by atoms with Gasteiger partial charge in [-0.3, -0.25) is 4.79 Å². The Balaban J connectivity index is 2.10. The summed E-state index contributed by atoms with van der Waals surface area (Å²) in [7, 11) is 3.11. The van der Waals surface area contributed by atoms with Crippen LogP contribution in [0, 0.1) is 0 Å². The Kier molecular flexibility index (Phi) is 4.01. The molecule has 6 nitrogen and oxygen atoms in total. The number of hydrogen-bond acceptors (Lipinski definition) is 5. The first-order valence-corrected chi connectivity index (χ1v) is 5.94. The number of nitrogens with zero attached hydrogens (tertiary/aromatic N) is 3. The largest absolute Gasteiger partial charge is 0.481 e. The summed E-state index contributed by atoms with van der Waals surface area (Å²) in [5.74, 6) is 0.553. The maximum atomic E-state index is 11.6. The van der Waals surface area contributed by atoms with Crippen molar-refractivity contribution in [2.24, 2.45) is 7.05 Å². The van der Waals surface area contributed by atoms with Crippen LogP contribution < -0.4 is 15.6 Å². The number of halogens is 1. The number of ether oxygens (including phenoxy) is 1. The SMILES string of the molecule is COc1ccc(CNc2cnn(C)c(=O)c2Cl)cn1. The molecule has 0 bridgehead atoms. The summed E-state index contributed by atoms with van der Waals surface area (Å²) < 4.78 is 6.16. The van der Waals surface area contributed by atoms with Crippen molar-refractivity contribution in [1.29, 1.82) is 0 Å². The van der Waals surface area contributed by atoms with Crippen LogP contribution in [-0.4, -0.2) is 21.9 Å². The minimum atomic E-state index is -0.334. The molecule has 0 spiro atoms. The highest BCUT2D eigenvalue weighted by atomic mass is 35.5. The van der Waals surface area contributed by atoms with Gasteiger partial charge in [-0.05, 0) is 5.56 Å². The summed E-state index contributed by atoms with van der Waals surface area (Å²) in [6, 6.07) is 3.64. The topological polar surface area (TPSA) is 69.0 Å². The Morgan fingerprint density at radius 1 is 1.42 bits per heavy atom. The van der Waals surface area contributed by atoms with Gasteiger partial charge in [-0.15, -0.1) is 0 Å². The minimum absolute atomic E-state index is 0.124. The van der Waals surface area contributed by atoms with Crippen LogP contribution in [0.5, 0.6) is 5.88 Å². The summed E-state index contributed by atoms with van der Waals surface area (Å²) in [4.78, 5) is 15.7. The summed E-state index contributed by atoms with van der Waals surface area (Å²) in [5.41, 5.74) is 1.11. The molecule has 1 N–H and O–H groups in total. The van der Waals surface area contributed by atoms with E-state index in [9.17, 15) is 4.79 Å². The molecule has 2 heterocycles. The van der Waals surface area contributed by atoms with E-state index in [1.807, 2.05) is 6.07 Å². The lowest BCUT2D eigenvalue weighted by Crippen LogP contribution is -2.21. The summed E-state index contributed by atoms with van der Waals surface area (Å²) in [6.45, 7) is 0.492. The van der Waals surface area contributed by atoms with E-state index in [2.05, 4.69) is 15.4 Å². The van der Waals surface area contributed by atoms with Gasteiger partial charge in [0, 0.05) is 25.9 Å². The second-order valence-electron chi connectivity index (χ2n) is 3.86. The van der Waals surface area contributed by atoms with Gasteiger partial charge in [0.25, 0.3) is 5.56 Å². The molecule has 2 aromatic heterocycles. The zero-order valence-corrected chi connectivity index (χ0v) is 11.3. The fourth-order valence-electron chi connectivity index (χ4n) is 1.47. The van der Waals surface area contributed by atoms with Crippen LogP contribution in [0.2, 0.25) is 5.02 Å². The number of methoxy groups -OCH3 is 1. The van der Waals surface area contributed by atoms with Crippen molar-refractivity contribution in [3.63, 3.8) is 0 Å². The maximum Gasteiger partial charge on any atom is 0.287 e. The highest BCUT2D eigenvalue weighted by Gasteiger charge is 2.06. The average molecular weight is 281 g/mol. The maximum absolute atomic E-state index is 11.6. The zero-order valence-electron chi connectivity index (χ0n) is 10.6. The van der Waals surface area contributed by atoms with Crippen molar-refractivity contribution < 1.29 is 4.74 Å². The van der Waals surface area contributed by atoms with Gasteiger partial charge in [-0.1, -0.05) is 17.7 Å². The Bertz CT molecular complexity index is 625. The van der Waals surface area contributed by atoms with Crippen molar-refractivity contribution in [2.45, 2.75) is 6.54 Å². The van der Waals surface area contributed by atoms with Crippen molar-refractivity contribution >= 4 is 17.3 Å². The van der Waals surface area contributed by atoms with Gasteiger partial charge in [-0.25, -0.2) is 9.67 Å². The lowest BCUT2D eigenvalue weighted by Gasteiger charge is -2.08. The molecule has 0 unspecified atom stereocenters. The van der Waals surface area contributed by atoms with Crippen LogP contribution >= 0.6 is 11.6 Å². The monoisotopic (exact) mass is 280 g/mol. The number of hydrogen-bond donors (Lipinski definition) is 1. The quantitative estimate of drug-likeness (QED) is 0.918. The number of rotatable bonds is 4. The van der Waals surface area contributed by atoms with Crippen molar-refractivity contribution in [3.05, 3.63) is 45.5 Å². The molecule has 2 rings (SSSR count). The van der Waals surface area contributed by atoms with Crippen LogP contribution in [0.1, 0.15) is 5.56 Å². The van der Waals surface area contributed by atoms with Gasteiger partial charge in [0.15, 0.2) is 0 Å². The lowest BCUT2D eigenvalue weighted by molar-refractivity contribution is 0.397. The molecule has 19 heavy (non-hydrogen) atoms.